The second kappa shape index (κ2) is 11.5. The molecule has 0 bridgehead atoms. The van der Waals surface area contributed by atoms with Crippen molar-refractivity contribution in [1.29, 1.82) is 0 Å². The van der Waals surface area contributed by atoms with Crippen LogP contribution in [0.15, 0.2) is 78.9 Å². The Morgan fingerprint density at radius 1 is 0.921 bits per heavy atom. The summed E-state index contributed by atoms with van der Waals surface area (Å²) in [5.74, 6) is -0.295. The second-order valence-electron chi connectivity index (χ2n) is 9.53. The van der Waals surface area contributed by atoms with E-state index in [0.29, 0.717) is 23.0 Å². The highest BCUT2D eigenvalue weighted by atomic mass is 35.5. The summed E-state index contributed by atoms with van der Waals surface area (Å²) in [6, 6.07) is 23.4. The van der Waals surface area contributed by atoms with Gasteiger partial charge in [-0.3, -0.25) is 9.59 Å². The van der Waals surface area contributed by atoms with Crippen molar-refractivity contribution in [2.24, 2.45) is 0 Å². The van der Waals surface area contributed by atoms with E-state index in [-0.39, 0.29) is 43.9 Å². The standard InChI is InChI=1S/C29H28Cl2N4O3/c30-23-12-11-22(24(31)16-23)18-33-19-26-34(29(38)32-17-21-9-5-2-6-10-21)14-13-27(36)35(26)25(28(33)37)15-20-7-3-1-4-8-20/h1-12,16,25-26H,13-15,17-19H2,(H,32,38)/t25-,26+/m0/s1. The first-order valence-corrected chi connectivity index (χ1v) is 13.3. The number of hydrogen-bond acceptors (Lipinski definition) is 3. The van der Waals surface area contributed by atoms with Gasteiger partial charge in [0.2, 0.25) is 11.8 Å². The first kappa shape index (κ1) is 26.1. The highest BCUT2D eigenvalue weighted by Crippen LogP contribution is 2.30. The highest BCUT2D eigenvalue weighted by Gasteiger charge is 2.48. The van der Waals surface area contributed by atoms with Gasteiger partial charge in [0.15, 0.2) is 0 Å². The molecule has 2 fully saturated rings. The molecule has 5 rings (SSSR count). The van der Waals surface area contributed by atoms with Crippen LogP contribution in [0.4, 0.5) is 4.79 Å². The third-order valence-electron chi connectivity index (χ3n) is 7.05. The van der Waals surface area contributed by atoms with Crippen LogP contribution in [0.5, 0.6) is 0 Å². The number of fused-ring (bicyclic) bond motifs is 1. The molecule has 2 aliphatic rings. The van der Waals surface area contributed by atoms with E-state index < -0.39 is 12.2 Å². The third kappa shape index (κ3) is 5.64. The molecule has 3 aromatic carbocycles. The van der Waals surface area contributed by atoms with Gasteiger partial charge >= 0.3 is 6.03 Å². The summed E-state index contributed by atoms with van der Waals surface area (Å²) >= 11 is 12.5. The van der Waals surface area contributed by atoms with Crippen molar-refractivity contribution in [2.45, 2.75) is 38.1 Å². The number of urea groups is 1. The van der Waals surface area contributed by atoms with Gasteiger partial charge in [-0.2, -0.15) is 0 Å². The Morgan fingerprint density at radius 2 is 1.61 bits per heavy atom. The maximum Gasteiger partial charge on any atom is 0.319 e. The molecule has 2 aliphatic heterocycles. The summed E-state index contributed by atoms with van der Waals surface area (Å²) in [5, 5.41) is 3.95. The van der Waals surface area contributed by atoms with Gasteiger partial charge in [0.1, 0.15) is 12.2 Å². The monoisotopic (exact) mass is 550 g/mol. The third-order valence-corrected chi connectivity index (χ3v) is 7.63. The average molecular weight is 551 g/mol. The van der Waals surface area contributed by atoms with E-state index in [4.69, 9.17) is 23.2 Å². The fourth-order valence-electron chi connectivity index (χ4n) is 5.13. The number of rotatable bonds is 6. The van der Waals surface area contributed by atoms with E-state index in [1.807, 2.05) is 60.7 Å². The number of halogens is 2. The van der Waals surface area contributed by atoms with E-state index in [1.165, 1.54) is 0 Å². The van der Waals surface area contributed by atoms with Crippen molar-refractivity contribution in [1.82, 2.24) is 20.0 Å². The van der Waals surface area contributed by atoms with Crippen molar-refractivity contribution in [3.8, 4) is 0 Å². The normalized spacial score (nSPS) is 19.4. The molecule has 2 saturated heterocycles. The van der Waals surface area contributed by atoms with Gasteiger partial charge in [0.25, 0.3) is 0 Å². The van der Waals surface area contributed by atoms with Crippen LogP contribution in [0.2, 0.25) is 10.0 Å². The summed E-state index contributed by atoms with van der Waals surface area (Å²) in [5.41, 5.74) is 2.67. The molecule has 2 heterocycles. The van der Waals surface area contributed by atoms with E-state index in [2.05, 4.69) is 5.32 Å². The summed E-state index contributed by atoms with van der Waals surface area (Å²) in [6.45, 7) is 1.08. The summed E-state index contributed by atoms with van der Waals surface area (Å²) < 4.78 is 0. The first-order chi connectivity index (χ1) is 18.4. The van der Waals surface area contributed by atoms with Gasteiger partial charge in [0, 0.05) is 42.5 Å². The molecule has 3 aromatic rings. The van der Waals surface area contributed by atoms with Crippen LogP contribution in [0, 0.1) is 0 Å². The van der Waals surface area contributed by atoms with Crippen LogP contribution in [0.1, 0.15) is 23.1 Å². The van der Waals surface area contributed by atoms with E-state index in [1.54, 1.807) is 32.9 Å². The molecule has 38 heavy (non-hydrogen) atoms. The van der Waals surface area contributed by atoms with Crippen LogP contribution in [0.3, 0.4) is 0 Å². The number of hydrogen-bond donors (Lipinski definition) is 1. The lowest BCUT2D eigenvalue weighted by Crippen LogP contribution is -2.72. The number of nitrogens with one attached hydrogen (secondary N) is 1. The minimum absolute atomic E-state index is 0.124. The molecule has 1 N–H and O–H groups in total. The van der Waals surface area contributed by atoms with Gasteiger partial charge in [-0.15, -0.1) is 0 Å². The molecule has 0 saturated carbocycles. The van der Waals surface area contributed by atoms with Crippen LogP contribution >= 0.6 is 23.2 Å². The Bertz CT molecular complexity index is 1320. The van der Waals surface area contributed by atoms with Crippen LogP contribution < -0.4 is 5.32 Å². The molecular formula is C29H28Cl2N4O3. The predicted molar refractivity (Wildman–Crippen MR) is 146 cm³/mol. The van der Waals surface area contributed by atoms with Gasteiger partial charge in [0.05, 0.1) is 6.54 Å². The number of carbonyl (C=O) groups is 3. The molecule has 0 spiro atoms. The maximum absolute atomic E-state index is 13.8. The molecule has 0 radical (unpaired) electrons. The number of carbonyl (C=O) groups excluding carboxylic acids is 3. The first-order valence-electron chi connectivity index (χ1n) is 12.6. The predicted octanol–water partition coefficient (Wildman–Crippen LogP) is 4.72. The smallest absolute Gasteiger partial charge is 0.319 e. The molecule has 4 amide bonds. The van der Waals surface area contributed by atoms with Gasteiger partial charge in [-0.05, 0) is 28.8 Å². The van der Waals surface area contributed by atoms with Gasteiger partial charge in [-0.1, -0.05) is 89.9 Å². The zero-order valence-corrected chi connectivity index (χ0v) is 22.2. The molecular weight excluding hydrogens is 523 g/mol. The maximum atomic E-state index is 13.8. The number of benzene rings is 3. The molecule has 9 heteroatoms. The fourth-order valence-corrected chi connectivity index (χ4v) is 5.60. The molecule has 196 valence electrons. The van der Waals surface area contributed by atoms with E-state index in [0.717, 1.165) is 16.7 Å². The van der Waals surface area contributed by atoms with Crippen molar-refractivity contribution in [3.63, 3.8) is 0 Å². The number of amides is 4. The fraction of sp³-hybridized carbons (Fsp3) is 0.276. The zero-order chi connectivity index (χ0) is 26.6. The highest BCUT2D eigenvalue weighted by molar-refractivity contribution is 6.35. The van der Waals surface area contributed by atoms with Crippen molar-refractivity contribution in [2.75, 3.05) is 13.1 Å². The summed E-state index contributed by atoms with van der Waals surface area (Å²) in [4.78, 5) is 45.4. The topological polar surface area (TPSA) is 73.0 Å². The van der Waals surface area contributed by atoms with Crippen molar-refractivity contribution < 1.29 is 14.4 Å². The Hall–Kier alpha value is -3.55. The Balaban J connectivity index is 1.43. The molecule has 0 unspecified atom stereocenters. The van der Waals surface area contributed by atoms with Crippen molar-refractivity contribution >= 4 is 41.0 Å². The SMILES string of the molecule is O=C1[C@H](Cc2ccccc2)N2C(=O)CCN(C(=O)NCc3ccccc3)[C@H]2CN1Cc1ccc(Cl)cc1Cl. The van der Waals surface area contributed by atoms with Gasteiger partial charge < -0.3 is 20.0 Å². The molecule has 2 atom stereocenters. The van der Waals surface area contributed by atoms with Crippen LogP contribution in [-0.4, -0.2) is 57.8 Å². The second-order valence-corrected chi connectivity index (χ2v) is 10.4. The Labute approximate surface area is 231 Å². The van der Waals surface area contributed by atoms with Crippen LogP contribution in [-0.2, 0) is 29.1 Å². The quantitative estimate of drug-likeness (QED) is 0.482. The lowest BCUT2D eigenvalue weighted by molar-refractivity contribution is -0.167. The Morgan fingerprint density at radius 3 is 2.29 bits per heavy atom. The molecule has 7 nitrogen and oxygen atoms in total. The van der Waals surface area contributed by atoms with E-state index in [9.17, 15) is 14.4 Å². The summed E-state index contributed by atoms with van der Waals surface area (Å²) in [7, 11) is 0. The Kier molecular flexibility index (Phi) is 7.86. The zero-order valence-electron chi connectivity index (χ0n) is 20.7. The van der Waals surface area contributed by atoms with Gasteiger partial charge in [-0.25, -0.2) is 4.79 Å². The lowest BCUT2D eigenvalue weighted by atomic mass is 9.97. The van der Waals surface area contributed by atoms with Crippen LogP contribution in [0.25, 0.3) is 0 Å². The minimum Gasteiger partial charge on any atom is -0.334 e. The average Bonchev–Trinajstić information content (AvgIpc) is 2.92. The number of piperazine rings is 1. The number of nitrogens with zero attached hydrogens (tertiary/aromatic N) is 3. The molecule has 0 aromatic heterocycles. The summed E-state index contributed by atoms with van der Waals surface area (Å²) in [6.07, 6.45) is -0.0761. The van der Waals surface area contributed by atoms with Crippen molar-refractivity contribution in [3.05, 3.63) is 106 Å². The molecule has 0 aliphatic carbocycles. The van der Waals surface area contributed by atoms with E-state index >= 15 is 0 Å². The lowest BCUT2D eigenvalue weighted by Gasteiger charge is -2.52. The minimum atomic E-state index is -0.737. The largest absolute Gasteiger partial charge is 0.334 e.